The molecule has 0 aliphatic rings. The van der Waals surface area contributed by atoms with Gasteiger partial charge in [0.05, 0.1) is 15.6 Å². The Morgan fingerprint density at radius 3 is 2.21 bits per heavy atom. The van der Waals surface area contributed by atoms with Crippen LogP contribution in [0, 0.1) is 0 Å². The minimum absolute atomic E-state index is 0.0108. The van der Waals surface area contributed by atoms with Crippen LogP contribution in [0.4, 0.5) is 5.69 Å². The first kappa shape index (κ1) is 29.5. The van der Waals surface area contributed by atoms with Gasteiger partial charge < -0.3 is 10.2 Å². The van der Waals surface area contributed by atoms with Gasteiger partial charge in [-0.1, -0.05) is 72.6 Å². The van der Waals surface area contributed by atoms with Gasteiger partial charge in [0, 0.05) is 17.6 Å². The van der Waals surface area contributed by atoms with E-state index in [1.165, 1.54) is 23.1 Å². The monoisotopic (exact) mass is 575 g/mol. The summed E-state index contributed by atoms with van der Waals surface area (Å²) in [7, 11) is -4.17. The number of sulfonamides is 1. The molecule has 3 aromatic carbocycles. The Hall–Kier alpha value is -3.07. The number of hydrogen-bond donors (Lipinski definition) is 1. The molecule has 10 heteroatoms. The summed E-state index contributed by atoms with van der Waals surface area (Å²) < 4.78 is 28.5. The smallest absolute Gasteiger partial charge is 0.264 e. The van der Waals surface area contributed by atoms with Gasteiger partial charge in [0.2, 0.25) is 11.8 Å². The molecule has 0 aliphatic heterocycles. The molecule has 0 saturated heterocycles. The zero-order valence-electron chi connectivity index (χ0n) is 21.5. The quantitative estimate of drug-likeness (QED) is 0.326. The Balaban J connectivity index is 2.03. The summed E-state index contributed by atoms with van der Waals surface area (Å²) in [5.41, 5.74) is 0.857. The molecule has 1 N–H and O–H groups in total. The third-order valence-corrected chi connectivity index (χ3v) is 8.47. The van der Waals surface area contributed by atoms with Crippen LogP contribution in [0.25, 0.3) is 0 Å². The number of nitrogens with one attached hydrogen (secondary N) is 1. The van der Waals surface area contributed by atoms with Crippen LogP contribution in [-0.4, -0.2) is 43.8 Å². The van der Waals surface area contributed by atoms with Crippen LogP contribution in [0.2, 0.25) is 10.0 Å². The molecule has 3 aromatic rings. The van der Waals surface area contributed by atoms with E-state index in [0.29, 0.717) is 10.6 Å². The Morgan fingerprint density at radius 2 is 1.58 bits per heavy atom. The second-order valence-electron chi connectivity index (χ2n) is 8.92. The minimum atomic E-state index is -4.17. The van der Waals surface area contributed by atoms with Gasteiger partial charge in [-0.3, -0.25) is 13.9 Å². The summed E-state index contributed by atoms with van der Waals surface area (Å²) in [5.74, 6) is -0.916. The molecule has 2 atom stereocenters. The normalized spacial score (nSPS) is 12.9. The van der Waals surface area contributed by atoms with Crippen LogP contribution in [0.3, 0.4) is 0 Å². The van der Waals surface area contributed by atoms with E-state index in [9.17, 15) is 18.0 Å². The maximum Gasteiger partial charge on any atom is 0.264 e. The zero-order chi connectivity index (χ0) is 27.9. The summed E-state index contributed by atoms with van der Waals surface area (Å²) in [6, 6.07) is 20.2. The number of benzene rings is 3. The maximum absolute atomic E-state index is 13.9. The van der Waals surface area contributed by atoms with Crippen LogP contribution in [0.5, 0.6) is 0 Å². The fraction of sp³-hybridized carbons (Fsp3) is 0.286. The van der Waals surface area contributed by atoms with E-state index in [2.05, 4.69) is 5.32 Å². The molecule has 3 rings (SSSR count). The molecule has 0 heterocycles. The molecule has 38 heavy (non-hydrogen) atoms. The molecule has 0 aliphatic carbocycles. The standard InChI is InChI=1S/C28H31Cl2N3O4S/c1-4-20(2)31-28(35)21(3)32(18-22-11-10-12-23(29)17-22)27(34)19-33(26-16-9-8-15-25(26)30)38(36,37)24-13-6-5-7-14-24/h5-17,20-21H,4,18-19H2,1-3H3,(H,31,35). The van der Waals surface area contributed by atoms with Gasteiger partial charge in [-0.2, -0.15) is 0 Å². The van der Waals surface area contributed by atoms with Crippen molar-refractivity contribution >= 4 is 50.7 Å². The van der Waals surface area contributed by atoms with Gasteiger partial charge in [0.1, 0.15) is 12.6 Å². The highest BCUT2D eigenvalue weighted by atomic mass is 35.5. The van der Waals surface area contributed by atoms with Crippen molar-refractivity contribution in [3.05, 3.63) is 94.5 Å². The molecule has 0 bridgehead atoms. The molecule has 0 aromatic heterocycles. The Bertz CT molecular complexity index is 1370. The topological polar surface area (TPSA) is 86.8 Å². The molecule has 0 fully saturated rings. The van der Waals surface area contributed by atoms with E-state index in [1.54, 1.807) is 67.6 Å². The summed E-state index contributed by atoms with van der Waals surface area (Å²) in [6.07, 6.45) is 0.719. The minimum Gasteiger partial charge on any atom is -0.352 e. The SMILES string of the molecule is CCC(C)NC(=O)C(C)N(Cc1cccc(Cl)c1)C(=O)CN(c1ccccc1Cl)S(=O)(=O)c1ccccc1. The van der Waals surface area contributed by atoms with E-state index in [1.807, 2.05) is 13.8 Å². The van der Waals surface area contributed by atoms with Crippen molar-refractivity contribution in [3.8, 4) is 0 Å². The molecule has 2 unspecified atom stereocenters. The average Bonchev–Trinajstić information content (AvgIpc) is 2.90. The van der Waals surface area contributed by atoms with Gasteiger partial charge >= 0.3 is 0 Å². The first-order valence-electron chi connectivity index (χ1n) is 12.2. The van der Waals surface area contributed by atoms with Crippen LogP contribution in [-0.2, 0) is 26.2 Å². The first-order valence-corrected chi connectivity index (χ1v) is 14.4. The van der Waals surface area contributed by atoms with Crippen molar-refractivity contribution < 1.29 is 18.0 Å². The van der Waals surface area contributed by atoms with Crippen LogP contribution in [0.15, 0.2) is 83.8 Å². The fourth-order valence-corrected chi connectivity index (χ4v) is 5.72. The lowest BCUT2D eigenvalue weighted by Gasteiger charge is -2.32. The van der Waals surface area contributed by atoms with Crippen molar-refractivity contribution in [3.63, 3.8) is 0 Å². The summed E-state index contributed by atoms with van der Waals surface area (Å²) in [4.78, 5) is 28.3. The predicted octanol–water partition coefficient (Wildman–Crippen LogP) is 5.52. The lowest BCUT2D eigenvalue weighted by molar-refractivity contribution is -0.139. The molecule has 202 valence electrons. The highest BCUT2D eigenvalue weighted by Crippen LogP contribution is 2.30. The molecule has 0 spiro atoms. The number of nitrogens with zero attached hydrogens (tertiary/aromatic N) is 2. The zero-order valence-corrected chi connectivity index (χ0v) is 23.8. The van der Waals surface area contributed by atoms with Crippen LogP contribution >= 0.6 is 23.2 Å². The van der Waals surface area contributed by atoms with E-state index < -0.39 is 28.5 Å². The van der Waals surface area contributed by atoms with E-state index in [0.717, 1.165) is 10.7 Å². The Kier molecular flexibility index (Phi) is 10.2. The van der Waals surface area contributed by atoms with Crippen LogP contribution < -0.4 is 9.62 Å². The third-order valence-electron chi connectivity index (χ3n) is 6.14. The summed E-state index contributed by atoms with van der Waals surface area (Å²) in [5, 5.41) is 3.55. The number of rotatable bonds is 11. The third kappa shape index (κ3) is 7.28. The van der Waals surface area contributed by atoms with Gasteiger partial charge in [0.25, 0.3) is 10.0 Å². The first-order chi connectivity index (χ1) is 18.0. The maximum atomic E-state index is 13.9. The van der Waals surface area contributed by atoms with Crippen molar-refractivity contribution in [2.24, 2.45) is 0 Å². The second kappa shape index (κ2) is 13.1. The largest absolute Gasteiger partial charge is 0.352 e. The lowest BCUT2D eigenvalue weighted by atomic mass is 10.1. The molecule has 0 saturated carbocycles. The van der Waals surface area contributed by atoms with Gasteiger partial charge in [-0.15, -0.1) is 0 Å². The Morgan fingerprint density at radius 1 is 0.921 bits per heavy atom. The van der Waals surface area contributed by atoms with Crippen LogP contribution in [0.1, 0.15) is 32.8 Å². The van der Waals surface area contributed by atoms with Gasteiger partial charge in [-0.05, 0) is 62.2 Å². The fourth-order valence-electron chi connectivity index (χ4n) is 3.77. The molecule has 0 radical (unpaired) electrons. The molecule has 7 nitrogen and oxygen atoms in total. The van der Waals surface area contributed by atoms with E-state index in [4.69, 9.17) is 23.2 Å². The van der Waals surface area contributed by atoms with E-state index >= 15 is 0 Å². The van der Waals surface area contributed by atoms with Crippen molar-refractivity contribution in [2.75, 3.05) is 10.8 Å². The Labute approximate surface area is 234 Å². The van der Waals surface area contributed by atoms with E-state index in [-0.39, 0.29) is 34.1 Å². The highest BCUT2D eigenvalue weighted by molar-refractivity contribution is 7.92. The molecular weight excluding hydrogens is 545 g/mol. The number of amides is 2. The molecular formula is C28H31Cl2N3O4S. The number of carbonyl (C=O) groups is 2. The van der Waals surface area contributed by atoms with Crippen molar-refractivity contribution in [2.45, 2.75) is 50.7 Å². The number of halogens is 2. The molecule has 2 amide bonds. The van der Waals surface area contributed by atoms with Crippen molar-refractivity contribution in [1.29, 1.82) is 0 Å². The predicted molar refractivity (Wildman–Crippen MR) is 152 cm³/mol. The second-order valence-corrected chi connectivity index (χ2v) is 11.6. The number of carbonyl (C=O) groups excluding carboxylic acids is 2. The lowest BCUT2D eigenvalue weighted by Crippen LogP contribution is -2.52. The summed E-state index contributed by atoms with van der Waals surface area (Å²) in [6.45, 7) is 4.92. The van der Waals surface area contributed by atoms with Gasteiger partial charge in [-0.25, -0.2) is 8.42 Å². The number of anilines is 1. The highest BCUT2D eigenvalue weighted by Gasteiger charge is 2.33. The average molecular weight is 577 g/mol. The summed E-state index contributed by atoms with van der Waals surface area (Å²) >= 11 is 12.6. The number of hydrogen-bond acceptors (Lipinski definition) is 4. The number of para-hydroxylation sites is 1. The van der Waals surface area contributed by atoms with Crippen molar-refractivity contribution in [1.82, 2.24) is 10.2 Å². The van der Waals surface area contributed by atoms with Gasteiger partial charge in [0.15, 0.2) is 0 Å².